The predicted molar refractivity (Wildman–Crippen MR) is 86.4 cm³/mol. The van der Waals surface area contributed by atoms with Gasteiger partial charge < -0.3 is 19.4 Å². The highest BCUT2D eigenvalue weighted by atomic mass is 16.6. The average molecular weight is 325 g/mol. The number of aromatic nitrogens is 1. The van der Waals surface area contributed by atoms with Gasteiger partial charge in [0, 0.05) is 26.1 Å². The highest BCUT2D eigenvalue weighted by molar-refractivity contribution is 5.92. The Bertz CT molecular complexity index is 560. The van der Waals surface area contributed by atoms with Crippen LogP contribution in [0.4, 0.5) is 4.79 Å². The van der Waals surface area contributed by atoms with Gasteiger partial charge in [-0.05, 0) is 34.6 Å². The fraction of sp³-hybridized carbons (Fsp3) is 0.688. The van der Waals surface area contributed by atoms with Gasteiger partial charge in [0.15, 0.2) is 5.89 Å². The lowest BCUT2D eigenvalue weighted by Gasteiger charge is -2.26. The minimum atomic E-state index is -0.550. The molecule has 0 aromatic carbocycles. The number of carbonyl (C=O) groups is 2. The lowest BCUT2D eigenvalue weighted by atomic mass is 10.2. The number of nitrogens with one attached hydrogen (secondary N) is 1. The summed E-state index contributed by atoms with van der Waals surface area (Å²) in [6.07, 6.45) is 0.202. The molecule has 2 amide bonds. The highest BCUT2D eigenvalue weighted by Crippen LogP contribution is 2.12. The molecule has 1 aromatic rings. The number of ether oxygens (including phenoxy) is 1. The van der Waals surface area contributed by atoms with Crippen LogP contribution < -0.4 is 5.32 Å². The van der Waals surface area contributed by atoms with E-state index in [0.29, 0.717) is 24.6 Å². The van der Waals surface area contributed by atoms with Crippen molar-refractivity contribution in [2.45, 2.75) is 59.6 Å². The monoisotopic (exact) mass is 325 g/mol. The number of amides is 2. The summed E-state index contributed by atoms with van der Waals surface area (Å²) in [5, 5.41) is 2.80. The number of hydrogen-bond donors (Lipinski definition) is 1. The van der Waals surface area contributed by atoms with Crippen molar-refractivity contribution < 1.29 is 18.7 Å². The van der Waals surface area contributed by atoms with Gasteiger partial charge in [0.05, 0.1) is 5.69 Å². The Hall–Kier alpha value is -2.05. The van der Waals surface area contributed by atoms with Crippen LogP contribution in [0.15, 0.2) is 4.42 Å². The maximum Gasteiger partial charge on any atom is 0.410 e. The molecule has 7 nitrogen and oxygen atoms in total. The van der Waals surface area contributed by atoms with E-state index in [9.17, 15) is 9.59 Å². The van der Waals surface area contributed by atoms with Crippen LogP contribution in [0.2, 0.25) is 0 Å². The Morgan fingerprint density at radius 1 is 1.39 bits per heavy atom. The first kappa shape index (κ1) is 19.0. The molecule has 1 unspecified atom stereocenters. The van der Waals surface area contributed by atoms with Crippen molar-refractivity contribution in [1.82, 2.24) is 15.2 Å². The zero-order valence-electron chi connectivity index (χ0n) is 15.0. The van der Waals surface area contributed by atoms with Crippen LogP contribution in [0.1, 0.15) is 56.8 Å². The van der Waals surface area contributed by atoms with Crippen LogP contribution in [-0.4, -0.2) is 47.1 Å². The minimum Gasteiger partial charge on any atom is -0.444 e. The van der Waals surface area contributed by atoms with Crippen LogP contribution >= 0.6 is 0 Å². The minimum absolute atomic E-state index is 0.216. The molecule has 1 N–H and O–H groups in total. The smallest absolute Gasteiger partial charge is 0.410 e. The molecule has 0 radical (unpaired) electrons. The molecular weight excluding hydrogens is 298 g/mol. The van der Waals surface area contributed by atoms with Gasteiger partial charge >= 0.3 is 6.09 Å². The first-order chi connectivity index (χ1) is 10.5. The Kier molecular flexibility index (Phi) is 6.18. The second kappa shape index (κ2) is 7.48. The fourth-order valence-electron chi connectivity index (χ4n) is 1.97. The van der Waals surface area contributed by atoms with Gasteiger partial charge in [0.25, 0.3) is 5.91 Å². The molecule has 0 aliphatic heterocycles. The Morgan fingerprint density at radius 2 is 2.00 bits per heavy atom. The molecule has 7 heteroatoms. The number of likely N-dealkylation sites (N-methyl/N-ethyl adjacent to an activating group) is 1. The molecule has 1 heterocycles. The molecule has 1 rings (SSSR count). The van der Waals surface area contributed by atoms with Crippen LogP contribution in [0, 0.1) is 6.92 Å². The molecular formula is C16H27N3O4. The van der Waals surface area contributed by atoms with Crippen LogP contribution in [0.25, 0.3) is 0 Å². The van der Waals surface area contributed by atoms with Crippen molar-refractivity contribution in [1.29, 1.82) is 0 Å². The van der Waals surface area contributed by atoms with Gasteiger partial charge in [-0.1, -0.05) is 6.92 Å². The van der Waals surface area contributed by atoms with Crippen LogP contribution in [-0.2, 0) is 11.2 Å². The highest BCUT2D eigenvalue weighted by Gasteiger charge is 2.23. The maximum atomic E-state index is 12.2. The number of carbonyl (C=O) groups excluding carboxylic acids is 2. The van der Waals surface area contributed by atoms with Gasteiger partial charge in [-0.15, -0.1) is 0 Å². The second-order valence-corrected chi connectivity index (χ2v) is 6.61. The molecule has 130 valence electrons. The molecule has 0 aliphatic carbocycles. The maximum absolute atomic E-state index is 12.2. The first-order valence-corrected chi connectivity index (χ1v) is 7.74. The summed E-state index contributed by atoms with van der Waals surface area (Å²) in [4.78, 5) is 29.7. The van der Waals surface area contributed by atoms with Gasteiger partial charge in [-0.3, -0.25) is 4.79 Å². The number of nitrogens with zero attached hydrogens (tertiary/aromatic N) is 2. The molecule has 0 saturated carbocycles. The molecule has 1 atom stereocenters. The van der Waals surface area contributed by atoms with Crippen molar-refractivity contribution in [3.8, 4) is 0 Å². The van der Waals surface area contributed by atoms with Crippen molar-refractivity contribution in [2.24, 2.45) is 0 Å². The normalized spacial score (nSPS) is 12.7. The zero-order chi connectivity index (χ0) is 17.8. The summed E-state index contributed by atoms with van der Waals surface area (Å²) in [5.41, 5.74) is 0.0118. The van der Waals surface area contributed by atoms with Crippen molar-refractivity contribution in [2.75, 3.05) is 13.6 Å². The van der Waals surface area contributed by atoms with E-state index in [0.717, 1.165) is 0 Å². The summed E-state index contributed by atoms with van der Waals surface area (Å²) in [7, 11) is 1.63. The standard InChI is InChI=1S/C16H27N3O4/c1-8-12-18-11(3)13(22-12)14(20)17-10(2)9-19(7)15(21)23-16(4,5)6/h10H,8-9H2,1-7H3,(H,17,20). The molecule has 23 heavy (non-hydrogen) atoms. The van der Waals surface area contributed by atoms with E-state index >= 15 is 0 Å². The van der Waals surface area contributed by atoms with E-state index in [4.69, 9.17) is 9.15 Å². The third kappa shape index (κ3) is 5.92. The lowest BCUT2D eigenvalue weighted by molar-refractivity contribution is 0.0283. The number of hydrogen-bond acceptors (Lipinski definition) is 5. The summed E-state index contributed by atoms with van der Waals surface area (Å²) >= 11 is 0. The van der Waals surface area contributed by atoms with Crippen molar-refractivity contribution in [3.63, 3.8) is 0 Å². The lowest BCUT2D eigenvalue weighted by Crippen LogP contribution is -2.44. The largest absolute Gasteiger partial charge is 0.444 e. The van der Waals surface area contributed by atoms with E-state index in [1.54, 1.807) is 14.0 Å². The van der Waals surface area contributed by atoms with Gasteiger partial charge in [0.2, 0.25) is 5.76 Å². The van der Waals surface area contributed by atoms with E-state index < -0.39 is 11.7 Å². The molecule has 0 spiro atoms. The topological polar surface area (TPSA) is 84.7 Å². The summed E-state index contributed by atoms with van der Waals surface area (Å²) in [6, 6.07) is -0.255. The van der Waals surface area contributed by atoms with E-state index in [2.05, 4.69) is 10.3 Å². The molecule has 0 bridgehead atoms. The quantitative estimate of drug-likeness (QED) is 0.899. The average Bonchev–Trinajstić information content (AvgIpc) is 2.77. The second-order valence-electron chi connectivity index (χ2n) is 6.61. The number of aryl methyl sites for hydroxylation is 2. The number of rotatable bonds is 5. The van der Waals surface area contributed by atoms with E-state index in [-0.39, 0.29) is 17.7 Å². The first-order valence-electron chi connectivity index (χ1n) is 7.74. The van der Waals surface area contributed by atoms with E-state index in [1.165, 1.54) is 4.90 Å². The van der Waals surface area contributed by atoms with Gasteiger partial charge in [-0.25, -0.2) is 9.78 Å². The predicted octanol–water partition coefficient (Wildman–Crippen LogP) is 2.53. The third-order valence-corrected chi connectivity index (χ3v) is 2.98. The summed E-state index contributed by atoms with van der Waals surface area (Å²) in [5.74, 6) is 0.416. The van der Waals surface area contributed by atoms with E-state index in [1.807, 2.05) is 34.6 Å². The zero-order valence-corrected chi connectivity index (χ0v) is 15.0. The molecule has 1 aromatic heterocycles. The Balaban J connectivity index is 2.58. The summed E-state index contributed by atoms with van der Waals surface area (Å²) < 4.78 is 10.7. The van der Waals surface area contributed by atoms with Crippen LogP contribution in [0.5, 0.6) is 0 Å². The SMILES string of the molecule is CCc1nc(C)c(C(=O)NC(C)CN(C)C(=O)OC(C)(C)C)o1. The Morgan fingerprint density at radius 3 is 2.48 bits per heavy atom. The summed E-state index contributed by atoms with van der Waals surface area (Å²) in [6.45, 7) is 11.2. The number of oxazole rings is 1. The van der Waals surface area contributed by atoms with Gasteiger partial charge in [-0.2, -0.15) is 0 Å². The van der Waals surface area contributed by atoms with Crippen LogP contribution in [0.3, 0.4) is 0 Å². The Labute approximate surface area is 137 Å². The molecule has 0 aliphatic rings. The van der Waals surface area contributed by atoms with Crippen molar-refractivity contribution >= 4 is 12.0 Å². The fourth-order valence-corrected chi connectivity index (χ4v) is 1.97. The van der Waals surface area contributed by atoms with Crippen molar-refractivity contribution in [3.05, 3.63) is 17.3 Å². The molecule has 0 fully saturated rings. The third-order valence-electron chi connectivity index (χ3n) is 2.98. The van der Waals surface area contributed by atoms with Gasteiger partial charge in [0.1, 0.15) is 5.60 Å². The molecule has 0 saturated heterocycles.